The number of carbonyl (C=O) groups excluding carboxylic acids is 1. The Morgan fingerprint density at radius 1 is 1.53 bits per heavy atom. The summed E-state index contributed by atoms with van der Waals surface area (Å²) in [4.78, 5) is 13.5. The molecule has 0 aliphatic rings. The number of hydrogen-bond donors (Lipinski definition) is 1. The fourth-order valence-corrected chi connectivity index (χ4v) is 1.67. The van der Waals surface area contributed by atoms with Crippen molar-refractivity contribution in [1.82, 2.24) is 4.90 Å². The van der Waals surface area contributed by atoms with Crippen molar-refractivity contribution >= 4 is 17.5 Å². The maximum Gasteiger partial charge on any atom is 0.226 e. The van der Waals surface area contributed by atoms with Crippen molar-refractivity contribution in [1.29, 1.82) is 0 Å². The number of nitrogens with zero attached hydrogens (tertiary/aromatic N) is 1. The van der Waals surface area contributed by atoms with Crippen LogP contribution in [0.5, 0.6) is 0 Å². The number of hydrogen-bond acceptors (Lipinski definition) is 2. The van der Waals surface area contributed by atoms with E-state index in [0.29, 0.717) is 24.4 Å². The largest absolute Gasteiger partial charge is 0.393 e. The number of aliphatic hydroxyl groups excluding tert-OH is 1. The first-order valence-electron chi connectivity index (χ1n) is 5.65. The number of amides is 1. The van der Waals surface area contributed by atoms with E-state index in [-0.39, 0.29) is 12.0 Å². The molecule has 0 bridgehead atoms. The van der Waals surface area contributed by atoms with Crippen molar-refractivity contribution in [2.45, 2.75) is 25.9 Å². The Morgan fingerprint density at radius 3 is 2.82 bits per heavy atom. The molecule has 0 aliphatic heterocycles. The van der Waals surface area contributed by atoms with E-state index >= 15 is 0 Å². The van der Waals surface area contributed by atoms with Gasteiger partial charge in [-0.25, -0.2) is 0 Å². The van der Waals surface area contributed by atoms with E-state index in [0.717, 1.165) is 5.56 Å². The van der Waals surface area contributed by atoms with E-state index in [1.807, 2.05) is 12.1 Å². The number of likely N-dealkylation sites (N-methyl/N-ethyl adjacent to an activating group) is 1. The Kier molecular flexibility index (Phi) is 5.45. The van der Waals surface area contributed by atoms with Crippen LogP contribution in [0.4, 0.5) is 0 Å². The number of carbonyl (C=O) groups is 1. The van der Waals surface area contributed by atoms with Crippen molar-refractivity contribution in [3.63, 3.8) is 0 Å². The van der Waals surface area contributed by atoms with E-state index in [4.69, 9.17) is 16.7 Å². The summed E-state index contributed by atoms with van der Waals surface area (Å²) in [5.74, 6) is 0.0351. The summed E-state index contributed by atoms with van der Waals surface area (Å²) in [6.45, 7) is 2.28. The van der Waals surface area contributed by atoms with Crippen LogP contribution in [0.3, 0.4) is 0 Å². The van der Waals surface area contributed by atoms with Crippen molar-refractivity contribution in [3.05, 3.63) is 34.9 Å². The average Bonchev–Trinajstić information content (AvgIpc) is 2.25. The Hall–Kier alpha value is -1.06. The molecule has 1 unspecified atom stereocenters. The topological polar surface area (TPSA) is 40.5 Å². The first-order valence-corrected chi connectivity index (χ1v) is 6.03. The van der Waals surface area contributed by atoms with Gasteiger partial charge in [-0.05, 0) is 31.0 Å². The third kappa shape index (κ3) is 5.20. The van der Waals surface area contributed by atoms with Gasteiger partial charge in [-0.2, -0.15) is 0 Å². The summed E-state index contributed by atoms with van der Waals surface area (Å²) in [7, 11) is 1.75. The molecule has 1 aromatic carbocycles. The van der Waals surface area contributed by atoms with Crippen molar-refractivity contribution < 1.29 is 9.90 Å². The molecule has 0 saturated heterocycles. The molecule has 0 radical (unpaired) electrons. The van der Waals surface area contributed by atoms with Gasteiger partial charge in [0.15, 0.2) is 0 Å². The Bertz CT molecular complexity index is 379. The molecule has 94 valence electrons. The molecule has 0 spiro atoms. The molecule has 1 atom stereocenters. The lowest BCUT2D eigenvalue weighted by molar-refractivity contribution is -0.129. The van der Waals surface area contributed by atoms with Crippen LogP contribution in [0.25, 0.3) is 0 Å². The van der Waals surface area contributed by atoms with E-state index in [1.54, 1.807) is 31.0 Å². The van der Waals surface area contributed by atoms with Gasteiger partial charge >= 0.3 is 0 Å². The molecule has 1 N–H and O–H groups in total. The fraction of sp³-hybridized carbons (Fsp3) is 0.462. The fourth-order valence-electron chi connectivity index (χ4n) is 1.46. The van der Waals surface area contributed by atoms with Crippen molar-refractivity contribution in [2.24, 2.45) is 0 Å². The minimum absolute atomic E-state index is 0.0351. The highest BCUT2D eigenvalue weighted by molar-refractivity contribution is 6.30. The van der Waals surface area contributed by atoms with Crippen LogP contribution in [-0.2, 0) is 11.2 Å². The molecule has 17 heavy (non-hydrogen) atoms. The van der Waals surface area contributed by atoms with Crippen LogP contribution in [0, 0.1) is 0 Å². The van der Waals surface area contributed by atoms with Crippen LogP contribution < -0.4 is 0 Å². The molecular weight excluding hydrogens is 238 g/mol. The lowest BCUT2D eigenvalue weighted by Crippen LogP contribution is -2.30. The Balaban J connectivity index is 2.48. The number of benzene rings is 1. The highest BCUT2D eigenvalue weighted by atomic mass is 35.5. The lowest BCUT2D eigenvalue weighted by atomic mass is 10.1. The van der Waals surface area contributed by atoms with E-state index in [9.17, 15) is 4.79 Å². The molecule has 0 aromatic heterocycles. The predicted molar refractivity (Wildman–Crippen MR) is 69.1 cm³/mol. The Morgan fingerprint density at radius 2 is 2.24 bits per heavy atom. The smallest absolute Gasteiger partial charge is 0.226 e. The average molecular weight is 256 g/mol. The molecular formula is C13H18ClNO2. The monoisotopic (exact) mass is 255 g/mol. The first kappa shape index (κ1) is 14.0. The second kappa shape index (κ2) is 6.62. The highest BCUT2D eigenvalue weighted by Crippen LogP contribution is 2.11. The van der Waals surface area contributed by atoms with Crippen LogP contribution in [0.2, 0.25) is 5.02 Å². The number of aliphatic hydroxyl groups is 1. The van der Waals surface area contributed by atoms with Gasteiger partial charge in [-0.1, -0.05) is 23.7 Å². The first-order chi connectivity index (χ1) is 7.99. The maximum atomic E-state index is 11.8. The van der Waals surface area contributed by atoms with Gasteiger partial charge in [0.1, 0.15) is 0 Å². The van der Waals surface area contributed by atoms with Crippen LogP contribution >= 0.6 is 11.6 Å². The van der Waals surface area contributed by atoms with Crippen LogP contribution in [0.1, 0.15) is 18.9 Å². The van der Waals surface area contributed by atoms with Gasteiger partial charge in [0, 0.05) is 18.6 Å². The molecule has 0 heterocycles. The lowest BCUT2D eigenvalue weighted by Gasteiger charge is -2.18. The van der Waals surface area contributed by atoms with Gasteiger partial charge in [-0.15, -0.1) is 0 Å². The summed E-state index contributed by atoms with van der Waals surface area (Å²) in [6.07, 6.45) is 0.561. The molecule has 1 amide bonds. The second-order valence-corrected chi connectivity index (χ2v) is 4.70. The second-order valence-electron chi connectivity index (χ2n) is 4.26. The zero-order chi connectivity index (χ0) is 12.8. The quantitative estimate of drug-likeness (QED) is 0.876. The van der Waals surface area contributed by atoms with Crippen molar-refractivity contribution in [2.75, 3.05) is 13.6 Å². The molecule has 3 nitrogen and oxygen atoms in total. The molecule has 1 rings (SSSR count). The minimum Gasteiger partial charge on any atom is -0.393 e. The van der Waals surface area contributed by atoms with Gasteiger partial charge in [0.2, 0.25) is 5.91 Å². The summed E-state index contributed by atoms with van der Waals surface area (Å²) >= 11 is 5.85. The van der Waals surface area contributed by atoms with E-state index < -0.39 is 0 Å². The minimum atomic E-state index is -0.378. The summed E-state index contributed by atoms with van der Waals surface area (Å²) in [6, 6.07) is 7.29. The zero-order valence-electron chi connectivity index (χ0n) is 10.2. The molecule has 0 aliphatic carbocycles. The molecule has 0 saturated carbocycles. The zero-order valence-corrected chi connectivity index (χ0v) is 10.9. The predicted octanol–water partition coefficient (Wildman–Crippen LogP) is 2.11. The maximum absolute atomic E-state index is 11.8. The molecule has 1 aromatic rings. The van der Waals surface area contributed by atoms with Crippen LogP contribution in [0.15, 0.2) is 24.3 Å². The van der Waals surface area contributed by atoms with Gasteiger partial charge < -0.3 is 10.0 Å². The number of halogens is 1. The Labute approximate surface area is 107 Å². The number of rotatable bonds is 5. The molecule has 4 heteroatoms. The summed E-state index contributed by atoms with van der Waals surface area (Å²) in [5.41, 5.74) is 0.909. The van der Waals surface area contributed by atoms with Crippen LogP contribution in [-0.4, -0.2) is 35.6 Å². The van der Waals surface area contributed by atoms with Crippen molar-refractivity contribution in [3.8, 4) is 0 Å². The summed E-state index contributed by atoms with van der Waals surface area (Å²) in [5, 5.41) is 9.79. The van der Waals surface area contributed by atoms with Gasteiger partial charge in [-0.3, -0.25) is 4.79 Å². The third-order valence-electron chi connectivity index (χ3n) is 2.55. The highest BCUT2D eigenvalue weighted by Gasteiger charge is 2.10. The van der Waals surface area contributed by atoms with E-state index in [2.05, 4.69) is 0 Å². The van der Waals surface area contributed by atoms with E-state index in [1.165, 1.54) is 0 Å². The standard InChI is InChI=1S/C13H18ClNO2/c1-10(16)6-7-15(2)13(17)9-11-4-3-5-12(14)8-11/h3-5,8,10,16H,6-7,9H2,1-2H3. The SMILES string of the molecule is CC(O)CCN(C)C(=O)Cc1cccc(Cl)c1. The normalized spacial score (nSPS) is 12.2. The van der Waals surface area contributed by atoms with Gasteiger partial charge in [0.25, 0.3) is 0 Å². The summed E-state index contributed by atoms with van der Waals surface area (Å²) < 4.78 is 0. The third-order valence-corrected chi connectivity index (χ3v) is 2.79. The van der Waals surface area contributed by atoms with Gasteiger partial charge in [0.05, 0.1) is 12.5 Å². The molecule has 0 fully saturated rings.